The molecular formula is C13H24Br2O. The molecule has 0 amide bonds. The third-order valence-corrected chi connectivity index (χ3v) is 6.04. The van der Waals surface area contributed by atoms with Crippen molar-refractivity contribution in [1.29, 1.82) is 0 Å². The Kier molecular flexibility index (Phi) is 6.91. The first-order valence-corrected chi connectivity index (χ1v) is 8.62. The topological polar surface area (TPSA) is 9.23 Å². The van der Waals surface area contributed by atoms with Crippen molar-refractivity contribution in [3.05, 3.63) is 0 Å². The van der Waals surface area contributed by atoms with Crippen LogP contribution in [0.25, 0.3) is 0 Å². The van der Waals surface area contributed by atoms with Gasteiger partial charge in [-0.25, -0.2) is 0 Å². The van der Waals surface area contributed by atoms with Crippen LogP contribution in [0, 0.1) is 11.3 Å². The molecule has 1 rings (SSSR count). The lowest BCUT2D eigenvalue weighted by molar-refractivity contribution is 0.0475. The number of rotatable bonds is 7. The van der Waals surface area contributed by atoms with Gasteiger partial charge in [0, 0.05) is 17.3 Å². The van der Waals surface area contributed by atoms with Gasteiger partial charge in [-0.05, 0) is 44.4 Å². The number of halogens is 2. The molecule has 0 aromatic carbocycles. The molecule has 1 nitrogen and oxygen atoms in total. The highest BCUT2D eigenvalue weighted by molar-refractivity contribution is 9.09. The summed E-state index contributed by atoms with van der Waals surface area (Å²) in [6.45, 7) is 5.12. The van der Waals surface area contributed by atoms with E-state index in [0.717, 1.165) is 23.2 Å². The van der Waals surface area contributed by atoms with E-state index >= 15 is 0 Å². The van der Waals surface area contributed by atoms with Crippen molar-refractivity contribution < 1.29 is 4.74 Å². The Hall–Kier alpha value is 0.920. The maximum absolute atomic E-state index is 5.72. The van der Waals surface area contributed by atoms with Crippen molar-refractivity contribution in [1.82, 2.24) is 0 Å². The summed E-state index contributed by atoms with van der Waals surface area (Å²) < 4.78 is 5.72. The second-order valence-electron chi connectivity index (χ2n) is 5.28. The van der Waals surface area contributed by atoms with Crippen LogP contribution < -0.4 is 0 Å². The molecule has 0 aromatic rings. The van der Waals surface area contributed by atoms with Crippen molar-refractivity contribution in [2.75, 3.05) is 17.3 Å². The summed E-state index contributed by atoms with van der Waals surface area (Å²) in [5.41, 5.74) is 0.408. The molecule has 1 aliphatic carbocycles. The van der Waals surface area contributed by atoms with Crippen molar-refractivity contribution in [2.24, 2.45) is 11.3 Å². The maximum atomic E-state index is 5.72. The molecule has 0 heterocycles. The van der Waals surface area contributed by atoms with Gasteiger partial charge in [0.1, 0.15) is 0 Å². The van der Waals surface area contributed by atoms with Crippen LogP contribution in [0.4, 0.5) is 0 Å². The number of alkyl halides is 2. The normalized spacial score (nSPS) is 18.6. The van der Waals surface area contributed by atoms with E-state index in [1.165, 1.54) is 32.1 Å². The highest BCUT2D eigenvalue weighted by Gasteiger charge is 2.38. The summed E-state index contributed by atoms with van der Waals surface area (Å²) in [4.78, 5) is 0. The molecule has 0 N–H and O–H groups in total. The Morgan fingerprint density at radius 2 is 1.75 bits per heavy atom. The molecule has 0 saturated heterocycles. The van der Waals surface area contributed by atoms with Crippen molar-refractivity contribution in [3.63, 3.8) is 0 Å². The molecule has 0 atom stereocenters. The lowest BCUT2D eigenvalue weighted by Gasteiger charge is -2.36. The molecule has 16 heavy (non-hydrogen) atoms. The molecule has 0 unspecified atom stereocenters. The minimum atomic E-state index is 0.354. The van der Waals surface area contributed by atoms with Gasteiger partial charge in [-0.1, -0.05) is 44.7 Å². The molecule has 0 bridgehead atoms. The molecule has 1 saturated carbocycles. The average molecular weight is 356 g/mol. The molecule has 0 aromatic heterocycles. The second kappa shape index (κ2) is 7.38. The molecule has 0 aliphatic heterocycles. The van der Waals surface area contributed by atoms with E-state index in [4.69, 9.17) is 4.74 Å². The first-order chi connectivity index (χ1) is 7.64. The van der Waals surface area contributed by atoms with E-state index in [0.29, 0.717) is 11.5 Å². The number of hydrogen-bond donors (Lipinski definition) is 0. The molecule has 96 valence electrons. The van der Waals surface area contributed by atoms with Gasteiger partial charge in [0.15, 0.2) is 0 Å². The van der Waals surface area contributed by atoms with Crippen LogP contribution in [0.5, 0.6) is 0 Å². The van der Waals surface area contributed by atoms with Gasteiger partial charge in [0.2, 0.25) is 0 Å². The molecule has 3 heteroatoms. The van der Waals surface area contributed by atoms with Crippen LogP contribution in [0.15, 0.2) is 0 Å². The molecule has 0 spiro atoms. The highest BCUT2D eigenvalue weighted by atomic mass is 79.9. The van der Waals surface area contributed by atoms with Gasteiger partial charge in [-0.3, -0.25) is 0 Å². The largest absolute Gasteiger partial charge is 0.379 e. The van der Waals surface area contributed by atoms with E-state index < -0.39 is 0 Å². The van der Waals surface area contributed by atoms with E-state index in [2.05, 4.69) is 45.7 Å². The van der Waals surface area contributed by atoms with Crippen LogP contribution in [0.1, 0.15) is 46.0 Å². The van der Waals surface area contributed by atoms with Gasteiger partial charge in [-0.15, -0.1) is 0 Å². The number of hydrogen-bond acceptors (Lipinski definition) is 1. The van der Waals surface area contributed by atoms with Gasteiger partial charge in [0.05, 0.1) is 6.10 Å². The highest BCUT2D eigenvalue weighted by Crippen LogP contribution is 2.44. The lowest BCUT2D eigenvalue weighted by Crippen LogP contribution is -2.34. The van der Waals surface area contributed by atoms with E-state index in [1.807, 2.05) is 0 Å². The van der Waals surface area contributed by atoms with Crippen molar-refractivity contribution >= 4 is 31.9 Å². The standard InChI is InChI=1S/C13H24Br2O/c1-11(2)16-8-7-13(9-14,10-15)12-5-3-4-6-12/h11-12H,3-10H2,1-2H3. The first kappa shape index (κ1) is 15.0. The Bertz CT molecular complexity index is 184. The van der Waals surface area contributed by atoms with Crippen LogP contribution in [0.2, 0.25) is 0 Å². The fraction of sp³-hybridized carbons (Fsp3) is 1.00. The van der Waals surface area contributed by atoms with Gasteiger partial charge >= 0.3 is 0 Å². The van der Waals surface area contributed by atoms with Crippen LogP contribution in [-0.2, 0) is 4.74 Å². The molecular weight excluding hydrogens is 332 g/mol. The van der Waals surface area contributed by atoms with E-state index in [9.17, 15) is 0 Å². The van der Waals surface area contributed by atoms with E-state index in [1.54, 1.807) is 0 Å². The monoisotopic (exact) mass is 354 g/mol. The fourth-order valence-electron chi connectivity index (χ4n) is 2.63. The van der Waals surface area contributed by atoms with Crippen LogP contribution in [0.3, 0.4) is 0 Å². The Morgan fingerprint density at radius 1 is 1.19 bits per heavy atom. The zero-order chi connectivity index (χ0) is 12.0. The number of ether oxygens (including phenoxy) is 1. The van der Waals surface area contributed by atoms with Crippen LogP contribution >= 0.6 is 31.9 Å². The fourth-order valence-corrected chi connectivity index (χ4v) is 5.03. The van der Waals surface area contributed by atoms with Crippen LogP contribution in [-0.4, -0.2) is 23.4 Å². The summed E-state index contributed by atoms with van der Waals surface area (Å²) in [6, 6.07) is 0. The maximum Gasteiger partial charge on any atom is 0.0518 e. The van der Waals surface area contributed by atoms with Gasteiger partial charge in [0.25, 0.3) is 0 Å². The molecule has 1 fully saturated rings. The van der Waals surface area contributed by atoms with Gasteiger partial charge < -0.3 is 4.74 Å². The Balaban J connectivity index is 2.49. The minimum Gasteiger partial charge on any atom is -0.379 e. The first-order valence-electron chi connectivity index (χ1n) is 6.38. The predicted molar refractivity (Wildman–Crippen MR) is 77.7 cm³/mol. The Morgan fingerprint density at radius 3 is 2.19 bits per heavy atom. The van der Waals surface area contributed by atoms with Gasteiger partial charge in [-0.2, -0.15) is 0 Å². The molecule has 0 radical (unpaired) electrons. The summed E-state index contributed by atoms with van der Waals surface area (Å²) in [7, 11) is 0. The SMILES string of the molecule is CC(C)OCCC(CBr)(CBr)C1CCCC1. The zero-order valence-electron chi connectivity index (χ0n) is 10.5. The predicted octanol–water partition coefficient (Wildman–Crippen LogP) is 4.77. The van der Waals surface area contributed by atoms with E-state index in [-0.39, 0.29) is 0 Å². The second-order valence-corrected chi connectivity index (χ2v) is 6.40. The van der Waals surface area contributed by atoms with Crippen molar-refractivity contribution in [3.8, 4) is 0 Å². The zero-order valence-corrected chi connectivity index (χ0v) is 13.6. The lowest BCUT2D eigenvalue weighted by atomic mass is 9.75. The summed E-state index contributed by atoms with van der Waals surface area (Å²) in [5, 5.41) is 2.19. The molecule has 1 aliphatic rings. The third-order valence-electron chi connectivity index (χ3n) is 3.80. The Labute approximate surface area is 117 Å². The third kappa shape index (κ3) is 3.99. The minimum absolute atomic E-state index is 0.354. The smallest absolute Gasteiger partial charge is 0.0518 e. The summed E-state index contributed by atoms with van der Waals surface area (Å²) >= 11 is 7.45. The van der Waals surface area contributed by atoms with Crippen molar-refractivity contribution in [2.45, 2.75) is 52.1 Å². The summed E-state index contributed by atoms with van der Waals surface area (Å²) in [5.74, 6) is 0.877. The average Bonchev–Trinajstić information content (AvgIpc) is 2.78. The summed E-state index contributed by atoms with van der Waals surface area (Å²) in [6.07, 6.45) is 7.16. The quantitative estimate of drug-likeness (QED) is 0.598.